The third kappa shape index (κ3) is 3.56. The van der Waals surface area contributed by atoms with Gasteiger partial charge in [0, 0.05) is 31.1 Å². The standard InChI is InChI=1S/C14H19ClN4O2/c1-21-14(20)19-6-2-3-10(8-19)16-12-7-11(15)17-13(18-12)9-4-5-9/h7,9-10H,2-6,8H2,1H3,(H,16,17,18)/t10-/m1/s1. The number of rotatable bonds is 3. The average molecular weight is 311 g/mol. The van der Waals surface area contributed by atoms with Gasteiger partial charge in [0.25, 0.3) is 0 Å². The molecule has 1 N–H and O–H groups in total. The van der Waals surface area contributed by atoms with Gasteiger partial charge in [0.1, 0.15) is 16.8 Å². The largest absolute Gasteiger partial charge is 0.453 e. The first-order chi connectivity index (χ1) is 10.2. The molecule has 3 rings (SSSR count). The quantitative estimate of drug-likeness (QED) is 0.869. The van der Waals surface area contributed by atoms with Gasteiger partial charge in [-0.3, -0.25) is 0 Å². The van der Waals surface area contributed by atoms with Gasteiger partial charge in [0.05, 0.1) is 7.11 Å². The van der Waals surface area contributed by atoms with Crippen LogP contribution in [0.3, 0.4) is 0 Å². The van der Waals surface area contributed by atoms with Crippen LogP contribution in [0.2, 0.25) is 5.15 Å². The van der Waals surface area contributed by atoms with E-state index in [-0.39, 0.29) is 12.1 Å². The van der Waals surface area contributed by atoms with Crippen LogP contribution in [0.5, 0.6) is 0 Å². The normalized spacial score (nSPS) is 22.0. The van der Waals surface area contributed by atoms with E-state index in [2.05, 4.69) is 15.3 Å². The first-order valence-electron chi connectivity index (χ1n) is 7.29. The molecule has 1 aromatic heterocycles. The van der Waals surface area contributed by atoms with Crippen LogP contribution in [0.1, 0.15) is 37.4 Å². The molecule has 0 spiro atoms. The molecule has 2 heterocycles. The lowest BCUT2D eigenvalue weighted by atomic mass is 10.1. The molecule has 1 saturated carbocycles. The van der Waals surface area contributed by atoms with E-state index in [0.29, 0.717) is 17.6 Å². The molecule has 1 atom stereocenters. The number of carbonyl (C=O) groups excluding carboxylic acids is 1. The van der Waals surface area contributed by atoms with Gasteiger partial charge in [-0.2, -0.15) is 0 Å². The number of hydrogen-bond donors (Lipinski definition) is 1. The number of ether oxygens (including phenoxy) is 1. The number of amides is 1. The van der Waals surface area contributed by atoms with Crippen LogP contribution in [-0.2, 0) is 4.74 Å². The van der Waals surface area contributed by atoms with Gasteiger partial charge in [-0.15, -0.1) is 0 Å². The summed E-state index contributed by atoms with van der Waals surface area (Å²) in [5.74, 6) is 2.03. The molecule has 1 aliphatic heterocycles. The number of anilines is 1. The van der Waals surface area contributed by atoms with E-state index in [9.17, 15) is 4.79 Å². The minimum atomic E-state index is -0.277. The van der Waals surface area contributed by atoms with Crippen molar-refractivity contribution in [2.45, 2.75) is 37.6 Å². The predicted molar refractivity (Wildman–Crippen MR) is 79.6 cm³/mol. The van der Waals surface area contributed by atoms with Crippen LogP contribution in [0.4, 0.5) is 10.6 Å². The first-order valence-corrected chi connectivity index (χ1v) is 7.67. The number of nitrogens with one attached hydrogen (secondary N) is 1. The maximum absolute atomic E-state index is 11.6. The molecule has 0 bridgehead atoms. The molecular formula is C14H19ClN4O2. The number of halogens is 1. The number of likely N-dealkylation sites (tertiary alicyclic amines) is 1. The van der Waals surface area contributed by atoms with Crippen molar-refractivity contribution in [1.82, 2.24) is 14.9 Å². The summed E-state index contributed by atoms with van der Waals surface area (Å²) in [4.78, 5) is 22.1. The van der Waals surface area contributed by atoms with Crippen molar-refractivity contribution in [3.63, 3.8) is 0 Å². The van der Waals surface area contributed by atoms with Gasteiger partial charge in [0.2, 0.25) is 0 Å². The Hall–Kier alpha value is -1.56. The Labute approximate surface area is 128 Å². The van der Waals surface area contributed by atoms with Crippen molar-refractivity contribution in [1.29, 1.82) is 0 Å². The summed E-state index contributed by atoms with van der Waals surface area (Å²) in [5, 5.41) is 3.84. The number of methoxy groups -OCH3 is 1. The number of nitrogens with zero attached hydrogens (tertiary/aromatic N) is 3. The maximum Gasteiger partial charge on any atom is 0.409 e. The molecule has 1 aromatic rings. The SMILES string of the molecule is COC(=O)N1CCC[C@@H](Nc2cc(Cl)nc(C3CC3)n2)C1. The fraction of sp³-hybridized carbons (Fsp3) is 0.643. The summed E-state index contributed by atoms with van der Waals surface area (Å²) >= 11 is 6.07. The van der Waals surface area contributed by atoms with Crippen molar-refractivity contribution in [3.8, 4) is 0 Å². The Balaban J connectivity index is 1.66. The molecule has 21 heavy (non-hydrogen) atoms. The van der Waals surface area contributed by atoms with E-state index in [1.54, 1.807) is 11.0 Å². The fourth-order valence-corrected chi connectivity index (χ4v) is 2.82. The lowest BCUT2D eigenvalue weighted by Gasteiger charge is -2.32. The van der Waals surface area contributed by atoms with Gasteiger partial charge >= 0.3 is 6.09 Å². The predicted octanol–water partition coefficient (Wildman–Crippen LogP) is 2.65. The van der Waals surface area contributed by atoms with Crippen LogP contribution < -0.4 is 5.32 Å². The van der Waals surface area contributed by atoms with Gasteiger partial charge in [-0.25, -0.2) is 14.8 Å². The molecule has 6 nitrogen and oxygen atoms in total. The van der Waals surface area contributed by atoms with E-state index in [0.717, 1.165) is 43.9 Å². The smallest absolute Gasteiger partial charge is 0.409 e. The Kier molecular flexibility index (Phi) is 4.14. The highest BCUT2D eigenvalue weighted by atomic mass is 35.5. The van der Waals surface area contributed by atoms with Gasteiger partial charge in [-0.05, 0) is 25.7 Å². The third-order valence-corrected chi connectivity index (χ3v) is 4.05. The van der Waals surface area contributed by atoms with Crippen molar-refractivity contribution in [2.75, 3.05) is 25.5 Å². The fourth-order valence-electron chi connectivity index (χ4n) is 2.63. The summed E-state index contributed by atoms with van der Waals surface area (Å²) in [6.07, 6.45) is 3.94. The molecule has 2 fully saturated rings. The zero-order chi connectivity index (χ0) is 14.8. The summed E-state index contributed by atoms with van der Waals surface area (Å²) < 4.78 is 4.78. The lowest BCUT2D eigenvalue weighted by molar-refractivity contribution is 0.113. The van der Waals surface area contributed by atoms with Crippen LogP contribution in [-0.4, -0.2) is 47.2 Å². The Morgan fingerprint density at radius 2 is 2.24 bits per heavy atom. The average Bonchev–Trinajstić information content (AvgIpc) is 3.30. The second-order valence-corrected chi connectivity index (χ2v) is 6.00. The van der Waals surface area contributed by atoms with E-state index < -0.39 is 0 Å². The molecular weight excluding hydrogens is 292 g/mol. The zero-order valence-corrected chi connectivity index (χ0v) is 12.8. The number of carbonyl (C=O) groups is 1. The minimum absolute atomic E-state index is 0.163. The third-order valence-electron chi connectivity index (χ3n) is 3.86. The molecule has 114 valence electrons. The van der Waals surface area contributed by atoms with Crippen molar-refractivity contribution >= 4 is 23.5 Å². The van der Waals surface area contributed by atoms with Crippen LogP contribution in [0.25, 0.3) is 0 Å². The molecule has 0 unspecified atom stereocenters. The molecule has 0 radical (unpaired) electrons. The van der Waals surface area contributed by atoms with E-state index in [1.807, 2.05) is 0 Å². The molecule has 0 aromatic carbocycles. The van der Waals surface area contributed by atoms with Crippen molar-refractivity contribution in [3.05, 3.63) is 17.0 Å². The highest BCUT2D eigenvalue weighted by Crippen LogP contribution is 2.38. The second kappa shape index (κ2) is 6.05. The van der Waals surface area contributed by atoms with Crippen LogP contribution in [0.15, 0.2) is 6.07 Å². The number of hydrogen-bond acceptors (Lipinski definition) is 5. The summed E-state index contributed by atoms with van der Waals surface area (Å²) in [6.45, 7) is 1.36. The summed E-state index contributed by atoms with van der Waals surface area (Å²) in [6, 6.07) is 1.90. The van der Waals surface area contributed by atoms with Gasteiger partial charge in [-0.1, -0.05) is 11.6 Å². The molecule has 2 aliphatic rings. The van der Waals surface area contributed by atoms with E-state index >= 15 is 0 Å². The highest BCUT2D eigenvalue weighted by Gasteiger charge is 2.28. The molecule has 1 aliphatic carbocycles. The van der Waals surface area contributed by atoms with E-state index in [4.69, 9.17) is 16.3 Å². The maximum atomic E-state index is 11.6. The van der Waals surface area contributed by atoms with Crippen LogP contribution >= 0.6 is 11.6 Å². The molecule has 1 amide bonds. The second-order valence-electron chi connectivity index (χ2n) is 5.61. The van der Waals surface area contributed by atoms with Crippen molar-refractivity contribution < 1.29 is 9.53 Å². The highest BCUT2D eigenvalue weighted by molar-refractivity contribution is 6.29. The summed E-state index contributed by atoms with van der Waals surface area (Å²) in [5.41, 5.74) is 0. The Morgan fingerprint density at radius 1 is 1.43 bits per heavy atom. The summed E-state index contributed by atoms with van der Waals surface area (Å²) in [7, 11) is 1.41. The van der Waals surface area contributed by atoms with Crippen molar-refractivity contribution in [2.24, 2.45) is 0 Å². The molecule has 7 heteroatoms. The zero-order valence-electron chi connectivity index (χ0n) is 12.0. The Bertz CT molecular complexity index is 536. The number of piperidine rings is 1. The first kappa shape index (κ1) is 14.4. The minimum Gasteiger partial charge on any atom is -0.453 e. The number of aromatic nitrogens is 2. The lowest BCUT2D eigenvalue weighted by Crippen LogP contribution is -2.45. The molecule has 1 saturated heterocycles. The van der Waals surface area contributed by atoms with Crippen LogP contribution in [0, 0.1) is 0 Å². The Morgan fingerprint density at radius 3 is 2.95 bits per heavy atom. The van der Waals surface area contributed by atoms with E-state index in [1.165, 1.54) is 7.11 Å². The van der Waals surface area contributed by atoms with Gasteiger partial charge < -0.3 is 15.0 Å². The monoisotopic (exact) mass is 310 g/mol. The topological polar surface area (TPSA) is 67.3 Å². The van der Waals surface area contributed by atoms with Gasteiger partial charge in [0.15, 0.2) is 0 Å².